The van der Waals surface area contributed by atoms with Gasteiger partial charge in [-0.25, -0.2) is 0 Å². The highest BCUT2D eigenvalue weighted by Crippen LogP contribution is 1.99. The lowest BCUT2D eigenvalue weighted by molar-refractivity contribution is 0.317. The maximum atomic E-state index is 11.3. The Morgan fingerprint density at radius 3 is 2.87 bits per heavy atom. The Hall–Kier alpha value is -0.950. The van der Waals surface area contributed by atoms with Crippen molar-refractivity contribution in [1.82, 2.24) is 15.0 Å². The lowest BCUT2D eigenvalue weighted by Gasteiger charge is -2.03. The number of aryl methyl sites for hydroxylation is 1. The molecule has 0 aliphatic heterocycles. The number of hydrogen-bond acceptors (Lipinski definition) is 5. The minimum atomic E-state index is -3.36. The molecule has 0 aliphatic rings. The Morgan fingerprint density at radius 1 is 1.47 bits per heavy atom. The smallest absolute Gasteiger partial charge is 0.267 e. The molecule has 0 spiro atoms. The van der Waals surface area contributed by atoms with Gasteiger partial charge in [-0.15, -0.1) is 5.10 Å². The van der Waals surface area contributed by atoms with Crippen LogP contribution in [0.3, 0.4) is 0 Å². The zero-order chi connectivity index (χ0) is 11.1. The molecule has 0 atom stereocenters. The van der Waals surface area contributed by atoms with Crippen molar-refractivity contribution in [3.05, 3.63) is 12.4 Å². The van der Waals surface area contributed by atoms with Crippen LogP contribution in [0, 0.1) is 0 Å². The highest BCUT2D eigenvalue weighted by molar-refractivity contribution is 7.86. The van der Waals surface area contributed by atoms with Crippen LogP contribution in [0.2, 0.25) is 0 Å². The van der Waals surface area contributed by atoms with Crippen LogP contribution in [0.4, 0.5) is 0 Å². The molecule has 0 saturated heterocycles. The van der Waals surface area contributed by atoms with Crippen LogP contribution in [0.1, 0.15) is 19.8 Å². The molecule has 1 heterocycles. The maximum absolute atomic E-state index is 11.3. The molecular formula is C8H15N3O3S. The Bertz CT molecular complexity index is 360. The highest BCUT2D eigenvalue weighted by atomic mass is 32.2. The summed E-state index contributed by atoms with van der Waals surface area (Å²) in [4.78, 5) is 0. The predicted molar refractivity (Wildman–Crippen MR) is 54.7 cm³/mol. The van der Waals surface area contributed by atoms with E-state index in [0.717, 1.165) is 0 Å². The Morgan fingerprint density at radius 2 is 2.27 bits per heavy atom. The van der Waals surface area contributed by atoms with Gasteiger partial charge in [0.15, 0.2) is 0 Å². The summed E-state index contributed by atoms with van der Waals surface area (Å²) in [5, 5.41) is 7.35. The van der Waals surface area contributed by atoms with Gasteiger partial charge < -0.3 is 0 Å². The molecule has 15 heavy (non-hydrogen) atoms. The van der Waals surface area contributed by atoms with E-state index in [2.05, 4.69) is 10.3 Å². The van der Waals surface area contributed by atoms with Crippen molar-refractivity contribution < 1.29 is 12.6 Å². The zero-order valence-corrected chi connectivity index (χ0v) is 9.48. The van der Waals surface area contributed by atoms with Crippen molar-refractivity contribution in [1.29, 1.82) is 0 Å². The number of nitrogens with zero attached hydrogens (tertiary/aromatic N) is 3. The fourth-order valence-electron chi connectivity index (χ4n) is 1.02. The molecular weight excluding hydrogens is 218 g/mol. The van der Waals surface area contributed by atoms with Gasteiger partial charge in [0, 0.05) is 12.7 Å². The van der Waals surface area contributed by atoms with Crippen molar-refractivity contribution in [2.24, 2.45) is 0 Å². The molecule has 86 valence electrons. The molecule has 0 radical (unpaired) electrons. The molecule has 0 fully saturated rings. The Balaban J connectivity index is 2.24. The van der Waals surface area contributed by atoms with Crippen LogP contribution < -0.4 is 0 Å². The van der Waals surface area contributed by atoms with Crippen LogP contribution in [0.15, 0.2) is 12.4 Å². The van der Waals surface area contributed by atoms with Gasteiger partial charge in [0.25, 0.3) is 10.1 Å². The van der Waals surface area contributed by atoms with E-state index in [1.807, 2.05) is 6.92 Å². The second-order valence-electron chi connectivity index (χ2n) is 3.10. The first kappa shape index (κ1) is 12.1. The molecule has 0 unspecified atom stereocenters. The molecule has 0 aliphatic carbocycles. The van der Waals surface area contributed by atoms with Gasteiger partial charge in [0.05, 0.1) is 18.6 Å². The van der Waals surface area contributed by atoms with Crippen LogP contribution in [0.5, 0.6) is 0 Å². The van der Waals surface area contributed by atoms with Gasteiger partial charge in [-0.1, -0.05) is 12.1 Å². The number of aromatic nitrogens is 3. The fourth-order valence-corrected chi connectivity index (χ4v) is 2.05. The molecule has 7 heteroatoms. The van der Waals surface area contributed by atoms with E-state index in [-0.39, 0.29) is 12.4 Å². The van der Waals surface area contributed by atoms with Gasteiger partial charge >= 0.3 is 0 Å². The van der Waals surface area contributed by atoms with E-state index in [1.165, 1.54) is 0 Å². The number of hydrogen-bond donors (Lipinski definition) is 0. The average molecular weight is 233 g/mol. The molecule has 1 aromatic rings. The third-order valence-electron chi connectivity index (χ3n) is 1.72. The van der Waals surface area contributed by atoms with Gasteiger partial charge in [0.1, 0.15) is 0 Å². The van der Waals surface area contributed by atoms with Crippen molar-refractivity contribution in [3.63, 3.8) is 0 Å². The van der Waals surface area contributed by atoms with E-state index in [4.69, 9.17) is 4.18 Å². The van der Waals surface area contributed by atoms with E-state index >= 15 is 0 Å². The summed E-state index contributed by atoms with van der Waals surface area (Å²) in [5.41, 5.74) is 0. The second kappa shape index (κ2) is 5.82. The topological polar surface area (TPSA) is 74.1 Å². The first-order chi connectivity index (χ1) is 7.14. The zero-order valence-electron chi connectivity index (χ0n) is 8.66. The average Bonchev–Trinajstić information content (AvgIpc) is 2.67. The Kier molecular flexibility index (Phi) is 4.70. The minimum Gasteiger partial charge on any atom is -0.270 e. The lowest BCUT2D eigenvalue weighted by atomic mass is 10.5. The SMILES string of the molecule is CCCOS(=O)(=O)CCCn1ccnn1. The van der Waals surface area contributed by atoms with Crippen LogP contribution in [0.25, 0.3) is 0 Å². The van der Waals surface area contributed by atoms with E-state index in [1.54, 1.807) is 17.1 Å². The highest BCUT2D eigenvalue weighted by Gasteiger charge is 2.09. The molecule has 6 nitrogen and oxygen atoms in total. The number of rotatable bonds is 7. The van der Waals surface area contributed by atoms with Crippen molar-refractivity contribution in [2.45, 2.75) is 26.3 Å². The fraction of sp³-hybridized carbons (Fsp3) is 0.750. The van der Waals surface area contributed by atoms with Gasteiger partial charge in [-0.3, -0.25) is 8.86 Å². The van der Waals surface area contributed by atoms with Crippen LogP contribution >= 0.6 is 0 Å². The van der Waals surface area contributed by atoms with Crippen LogP contribution in [-0.2, 0) is 20.8 Å². The Labute approximate surface area is 89.4 Å². The van der Waals surface area contributed by atoms with Gasteiger partial charge in [-0.2, -0.15) is 8.42 Å². The lowest BCUT2D eigenvalue weighted by Crippen LogP contribution is -2.13. The largest absolute Gasteiger partial charge is 0.270 e. The molecule has 0 aromatic carbocycles. The summed E-state index contributed by atoms with van der Waals surface area (Å²) in [6.45, 7) is 2.66. The molecule has 0 saturated carbocycles. The van der Waals surface area contributed by atoms with E-state index in [9.17, 15) is 8.42 Å². The quantitative estimate of drug-likeness (QED) is 0.638. The minimum absolute atomic E-state index is 0.0207. The third-order valence-corrected chi connectivity index (χ3v) is 3.03. The van der Waals surface area contributed by atoms with Crippen LogP contribution in [-0.4, -0.2) is 35.8 Å². The molecule has 0 N–H and O–H groups in total. The normalized spacial score (nSPS) is 11.8. The first-order valence-electron chi connectivity index (χ1n) is 4.85. The van der Waals surface area contributed by atoms with Crippen molar-refractivity contribution in [2.75, 3.05) is 12.4 Å². The summed E-state index contributed by atoms with van der Waals surface area (Å²) in [5.74, 6) is 0.0207. The third kappa shape index (κ3) is 4.89. The summed E-state index contributed by atoms with van der Waals surface area (Å²) in [6.07, 6.45) is 4.43. The molecule has 1 rings (SSSR count). The molecule has 0 bridgehead atoms. The summed E-state index contributed by atoms with van der Waals surface area (Å²) in [6, 6.07) is 0. The van der Waals surface area contributed by atoms with Gasteiger partial charge in [-0.05, 0) is 12.8 Å². The predicted octanol–water partition coefficient (Wildman–Crippen LogP) is 0.425. The summed E-state index contributed by atoms with van der Waals surface area (Å²) >= 11 is 0. The summed E-state index contributed by atoms with van der Waals surface area (Å²) in [7, 11) is -3.36. The van der Waals surface area contributed by atoms with E-state index in [0.29, 0.717) is 19.4 Å². The van der Waals surface area contributed by atoms with Crippen molar-refractivity contribution >= 4 is 10.1 Å². The summed E-state index contributed by atoms with van der Waals surface area (Å²) < 4.78 is 28.8. The van der Waals surface area contributed by atoms with Gasteiger partial charge in [0.2, 0.25) is 0 Å². The second-order valence-corrected chi connectivity index (χ2v) is 4.86. The maximum Gasteiger partial charge on any atom is 0.267 e. The molecule has 1 aromatic heterocycles. The van der Waals surface area contributed by atoms with Crippen molar-refractivity contribution in [3.8, 4) is 0 Å². The van der Waals surface area contributed by atoms with E-state index < -0.39 is 10.1 Å². The monoisotopic (exact) mass is 233 g/mol. The standard InChI is InChI=1S/C8H15N3O3S/c1-2-7-14-15(12,13)8-3-5-11-6-4-9-10-11/h4,6H,2-3,5,7-8H2,1H3. The molecule has 0 amide bonds. The first-order valence-corrected chi connectivity index (χ1v) is 6.43.